The van der Waals surface area contributed by atoms with Crippen molar-refractivity contribution in [1.29, 1.82) is 0 Å². The van der Waals surface area contributed by atoms with Gasteiger partial charge in [0, 0.05) is 23.6 Å². The molecule has 3 nitrogen and oxygen atoms in total. The summed E-state index contributed by atoms with van der Waals surface area (Å²) in [6, 6.07) is 6.45. The van der Waals surface area contributed by atoms with Crippen molar-refractivity contribution in [2.24, 2.45) is 5.92 Å². The van der Waals surface area contributed by atoms with E-state index < -0.39 is 0 Å². The van der Waals surface area contributed by atoms with Crippen LogP contribution in [0.5, 0.6) is 0 Å². The molecule has 0 aliphatic carbocycles. The predicted molar refractivity (Wildman–Crippen MR) is 86.0 cm³/mol. The van der Waals surface area contributed by atoms with Gasteiger partial charge in [0.25, 0.3) is 5.91 Å². The first kappa shape index (κ1) is 15.5. The van der Waals surface area contributed by atoms with Crippen LogP contribution >= 0.6 is 15.9 Å². The molecule has 4 heteroatoms. The van der Waals surface area contributed by atoms with Crippen molar-refractivity contribution in [3.63, 3.8) is 0 Å². The maximum atomic E-state index is 12.2. The number of likely N-dealkylation sites (tertiary alicyclic amines) is 1. The monoisotopic (exact) mass is 338 g/mol. The average molecular weight is 339 g/mol. The van der Waals surface area contributed by atoms with Gasteiger partial charge in [0.15, 0.2) is 0 Å². The zero-order valence-corrected chi connectivity index (χ0v) is 14.0. The zero-order valence-electron chi connectivity index (χ0n) is 12.4. The smallest absolute Gasteiger partial charge is 0.252 e. The highest BCUT2D eigenvalue weighted by Crippen LogP contribution is 2.20. The Balaban J connectivity index is 1.88. The molecule has 1 aliphatic heterocycles. The second-order valence-corrected chi connectivity index (χ2v) is 6.79. The van der Waals surface area contributed by atoms with E-state index in [1.54, 1.807) is 0 Å². The first-order valence-electron chi connectivity index (χ1n) is 7.25. The van der Waals surface area contributed by atoms with Crippen molar-refractivity contribution in [3.05, 3.63) is 33.8 Å². The minimum Gasteiger partial charge on any atom is -0.352 e. The molecule has 1 fully saturated rings. The first-order valence-corrected chi connectivity index (χ1v) is 8.05. The van der Waals surface area contributed by atoms with Gasteiger partial charge in [0.05, 0.1) is 5.56 Å². The van der Waals surface area contributed by atoms with E-state index in [0.29, 0.717) is 12.0 Å². The Bertz CT molecular complexity index is 487. The Morgan fingerprint density at radius 3 is 2.90 bits per heavy atom. The summed E-state index contributed by atoms with van der Waals surface area (Å²) in [5.41, 5.74) is 1.83. The molecular weight excluding hydrogens is 316 g/mol. The number of rotatable bonds is 4. The van der Waals surface area contributed by atoms with E-state index in [1.165, 1.54) is 6.42 Å². The van der Waals surface area contributed by atoms with Crippen LogP contribution in [-0.4, -0.2) is 36.5 Å². The second-order valence-electron chi connectivity index (χ2n) is 5.94. The Hall–Kier alpha value is -0.870. The molecule has 110 valence electrons. The fraction of sp³-hybridized carbons (Fsp3) is 0.562. The van der Waals surface area contributed by atoms with Gasteiger partial charge in [-0.25, -0.2) is 0 Å². The number of halogens is 1. The third-order valence-electron chi connectivity index (χ3n) is 3.97. The number of aryl methyl sites for hydroxylation is 1. The number of carbonyl (C=O) groups excluding carboxylic acids is 1. The summed E-state index contributed by atoms with van der Waals surface area (Å²) >= 11 is 3.44. The topological polar surface area (TPSA) is 32.3 Å². The minimum atomic E-state index is 0.0172. The van der Waals surface area contributed by atoms with Crippen LogP contribution in [0, 0.1) is 12.8 Å². The van der Waals surface area contributed by atoms with Crippen LogP contribution in [0.4, 0.5) is 0 Å². The SMILES string of the molecule is Cc1ccc(Br)c(C(=O)NCC2CCN(C(C)C)C2)c1. The highest BCUT2D eigenvalue weighted by atomic mass is 79.9. The summed E-state index contributed by atoms with van der Waals surface area (Å²) in [5.74, 6) is 0.591. The van der Waals surface area contributed by atoms with E-state index in [0.717, 1.165) is 35.2 Å². The van der Waals surface area contributed by atoms with Crippen LogP contribution in [0.25, 0.3) is 0 Å². The molecule has 1 N–H and O–H groups in total. The van der Waals surface area contributed by atoms with Crippen LogP contribution in [0.3, 0.4) is 0 Å². The predicted octanol–water partition coefficient (Wildman–Crippen LogP) is 3.22. The summed E-state index contributed by atoms with van der Waals surface area (Å²) in [6.45, 7) is 9.46. The standard InChI is InChI=1S/C16H23BrN2O/c1-11(2)19-7-6-13(10-19)9-18-16(20)14-8-12(3)4-5-15(14)17/h4-5,8,11,13H,6-7,9-10H2,1-3H3,(H,18,20). The van der Waals surface area contributed by atoms with Crippen molar-refractivity contribution < 1.29 is 4.79 Å². The Kier molecular flexibility index (Phi) is 5.22. The molecule has 0 saturated carbocycles. The van der Waals surface area contributed by atoms with Crippen molar-refractivity contribution in [3.8, 4) is 0 Å². The van der Waals surface area contributed by atoms with Gasteiger partial charge in [-0.05, 0) is 67.7 Å². The number of hydrogen-bond acceptors (Lipinski definition) is 2. The highest BCUT2D eigenvalue weighted by molar-refractivity contribution is 9.10. The minimum absolute atomic E-state index is 0.0172. The molecule has 2 rings (SSSR count). The maximum absolute atomic E-state index is 12.2. The van der Waals surface area contributed by atoms with E-state index in [-0.39, 0.29) is 5.91 Å². The lowest BCUT2D eigenvalue weighted by molar-refractivity contribution is 0.0946. The lowest BCUT2D eigenvalue weighted by Crippen LogP contribution is -2.33. The molecule has 1 unspecified atom stereocenters. The van der Waals surface area contributed by atoms with Gasteiger partial charge in [0.2, 0.25) is 0 Å². The number of nitrogens with zero attached hydrogens (tertiary/aromatic N) is 1. The molecule has 1 aromatic rings. The van der Waals surface area contributed by atoms with Gasteiger partial charge in [-0.3, -0.25) is 4.79 Å². The summed E-state index contributed by atoms with van der Waals surface area (Å²) in [5, 5.41) is 3.07. The van der Waals surface area contributed by atoms with Gasteiger partial charge in [0.1, 0.15) is 0 Å². The Labute approximate surface area is 129 Å². The quantitative estimate of drug-likeness (QED) is 0.914. The molecule has 1 atom stereocenters. The van der Waals surface area contributed by atoms with Crippen LogP contribution in [-0.2, 0) is 0 Å². The van der Waals surface area contributed by atoms with Crippen LogP contribution in [0.1, 0.15) is 36.2 Å². The van der Waals surface area contributed by atoms with Gasteiger partial charge >= 0.3 is 0 Å². The third-order valence-corrected chi connectivity index (χ3v) is 4.66. The van der Waals surface area contributed by atoms with Crippen molar-refractivity contribution >= 4 is 21.8 Å². The number of nitrogens with one attached hydrogen (secondary N) is 1. The fourth-order valence-corrected chi connectivity index (χ4v) is 3.07. The molecule has 1 amide bonds. The lowest BCUT2D eigenvalue weighted by atomic mass is 10.1. The maximum Gasteiger partial charge on any atom is 0.252 e. The molecule has 1 aromatic carbocycles. The van der Waals surface area contributed by atoms with E-state index in [1.807, 2.05) is 25.1 Å². The molecule has 0 spiro atoms. The van der Waals surface area contributed by atoms with Crippen molar-refractivity contribution in [2.45, 2.75) is 33.2 Å². The van der Waals surface area contributed by atoms with Crippen LogP contribution < -0.4 is 5.32 Å². The first-order chi connectivity index (χ1) is 9.47. The molecule has 0 radical (unpaired) electrons. The third kappa shape index (κ3) is 3.83. The number of hydrogen-bond donors (Lipinski definition) is 1. The van der Waals surface area contributed by atoms with E-state index in [4.69, 9.17) is 0 Å². The number of amides is 1. The molecule has 20 heavy (non-hydrogen) atoms. The van der Waals surface area contributed by atoms with Gasteiger partial charge < -0.3 is 10.2 Å². The summed E-state index contributed by atoms with van der Waals surface area (Å²) in [6.07, 6.45) is 1.17. The fourth-order valence-electron chi connectivity index (χ4n) is 2.64. The van der Waals surface area contributed by atoms with E-state index in [2.05, 4.69) is 40.0 Å². The second kappa shape index (κ2) is 6.72. The Morgan fingerprint density at radius 1 is 1.50 bits per heavy atom. The normalized spacial score (nSPS) is 19.6. The van der Waals surface area contributed by atoms with E-state index >= 15 is 0 Å². The summed E-state index contributed by atoms with van der Waals surface area (Å²) < 4.78 is 0.857. The van der Waals surface area contributed by atoms with Gasteiger partial charge in [-0.1, -0.05) is 11.6 Å². The lowest BCUT2D eigenvalue weighted by Gasteiger charge is -2.20. The number of carbonyl (C=O) groups is 1. The van der Waals surface area contributed by atoms with Crippen molar-refractivity contribution in [1.82, 2.24) is 10.2 Å². The van der Waals surface area contributed by atoms with Gasteiger partial charge in [-0.2, -0.15) is 0 Å². The van der Waals surface area contributed by atoms with Crippen LogP contribution in [0.15, 0.2) is 22.7 Å². The highest BCUT2D eigenvalue weighted by Gasteiger charge is 2.24. The molecule has 0 bridgehead atoms. The average Bonchev–Trinajstić information content (AvgIpc) is 2.88. The number of benzene rings is 1. The zero-order chi connectivity index (χ0) is 14.7. The molecule has 1 aliphatic rings. The molecular formula is C16H23BrN2O. The summed E-state index contributed by atoms with van der Waals surface area (Å²) in [7, 11) is 0. The largest absolute Gasteiger partial charge is 0.352 e. The molecule has 1 heterocycles. The van der Waals surface area contributed by atoms with E-state index in [9.17, 15) is 4.79 Å². The Morgan fingerprint density at radius 2 is 2.25 bits per heavy atom. The summed E-state index contributed by atoms with van der Waals surface area (Å²) in [4.78, 5) is 14.7. The molecule has 1 saturated heterocycles. The van der Waals surface area contributed by atoms with Crippen molar-refractivity contribution in [2.75, 3.05) is 19.6 Å². The molecule has 0 aromatic heterocycles. The van der Waals surface area contributed by atoms with Crippen LogP contribution in [0.2, 0.25) is 0 Å². The van der Waals surface area contributed by atoms with Gasteiger partial charge in [-0.15, -0.1) is 0 Å².